The van der Waals surface area contributed by atoms with Gasteiger partial charge in [0.2, 0.25) is 0 Å². The first-order valence-corrected chi connectivity index (χ1v) is 10.0. The van der Waals surface area contributed by atoms with E-state index in [1.807, 2.05) is 49.2 Å². The summed E-state index contributed by atoms with van der Waals surface area (Å²) in [7, 11) is 3.69. The molecule has 2 aromatic carbocycles. The van der Waals surface area contributed by atoms with Gasteiger partial charge < -0.3 is 9.80 Å². The number of benzene rings is 2. The molecular weight excluding hydrogens is 362 g/mol. The molecule has 3 aromatic rings. The van der Waals surface area contributed by atoms with Crippen LogP contribution in [0.2, 0.25) is 0 Å². The number of pyridine rings is 1. The lowest BCUT2D eigenvalue weighted by atomic mass is 9.95. The Morgan fingerprint density at radius 1 is 1.17 bits per heavy atom. The predicted molar refractivity (Wildman–Crippen MR) is 113 cm³/mol. The van der Waals surface area contributed by atoms with Crippen molar-refractivity contribution in [3.8, 4) is 11.1 Å². The van der Waals surface area contributed by atoms with E-state index in [1.54, 1.807) is 18.1 Å². The van der Waals surface area contributed by atoms with Crippen molar-refractivity contribution in [1.29, 1.82) is 0 Å². The Morgan fingerprint density at radius 2 is 1.97 bits per heavy atom. The van der Waals surface area contributed by atoms with Gasteiger partial charge in [0.15, 0.2) is 0 Å². The number of nitrogens with zero attached hydrogens (tertiary/aromatic N) is 3. The Kier molecular flexibility index (Phi) is 3.78. The van der Waals surface area contributed by atoms with Crippen LogP contribution in [-0.2, 0) is 5.54 Å². The van der Waals surface area contributed by atoms with Gasteiger partial charge >= 0.3 is 0 Å². The third kappa shape index (κ3) is 2.50. The van der Waals surface area contributed by atoms with Crippen LogP contribution < -0.4 is 0 Å². The molecule has 1 spiro atoms. The maximum absolute atomic E-state index is 12.6. The average Bonchev–Trinajstić information content (AvgIpc) is 3.54. The molecule has 5 rings (SSSR count). The molecule has 1 aromatic heterocycles. The quantitative estimate of drug-likeness (QED) is 0.683. The number of hydrogen-bond donors (Lipinski definition) is 0. The van der Waals surface area contributed by atoms with Crippen LogP contribution in [0, 0.1) is 0 Å². The summed E-state index contributed by atoms with van der Waals surface area (Å²) in [6.45, 7) is 2.61. The smallest absolute Gasteiger partial charge is 0.255 e. The summed E-state index contributed by atoms with van der Waals surface area (Å²) in [5.74, 6) is 0.0883. The first-order valence-electron chi connectivity index (χ1n) is 10.0. The number of amides is 2. The Bertz CT molecular complexity index is 1180. The lowest BCUT2D eigenvalue weighted by Gasteiger charge is -2.19. The fourth-order valence-electron chi connectivity index (χ4n) is 4.44. The lowest BCUT2D eigenvalue weighted by molar-refractivity contribution is 0.0754. The van der Waals surface area contributed by atoms with Gasteiger partial charge in [0.25, 0.3) is 11.8 Å². The highest BCUT2D eigenvalue weighted by atomic mass is 16.2. The van der Waals surface area contributed by atoms with E-state index in [0.29, 0.717) is 12.1 Å². The molecule has 2 amide bonds. The number of fused-ring (bicyclic) bond motifs is 3. The van der Waals surface area contributed by atoms with Gasteiger partial charge in [-0.1, -0.05) is 24.3 Å². The Labute approximate surface area is 170 Å². The summed E-state index contributed by atoms with van der Waals surface area (Å²) in [6.07, 6.45) is 3.71. The van der Waals surface area contributed by atoms with E-state index in [0.717, 1.165) is 46.0 Å². The van der Waals surface area contributed by atoms with E-state index in [-0.39, 0.29) is 17.4 Å². The molecule has 5 nitrogen and oxygen atoms in total. The summed E-state index contributed by atoms with van der Waals surface area (Å²) in [6, 6.07) is 14.1. The zero-order chi connectivity index (χ0) is 20.3. The molecule has 0 unspecified atom stereocenters. The van der Waals surface area contributed by atoms with Gasteiger partial charge in [0.05, 0.1) is 16.6 Å². The van der Waals surface area contributed by atoms with Crippen LogP contribution in [0.4, 0.5) is 0 Å². The molecule has 0 N–H and O–H groups in total. The first-order chi connectivity index (χ1) is 14.0. The number of hydrogen-bond acceptors (Lipinski definition) is 3. The highest BCUT2D eigenvalue weighted by molar-refractivity contribution is 6.03. The van der Waals surface area contributed by atoms with E-state index in [9.17, 15) is 9.59 Å². The second kappa shape index (κ2) is 6.14. The number of carbonyl (C=O) groups excluding carboxylic acids is 2. The molecule has 1 aliphatic heterocycles. The van der Waals surface area contributed by atoms with Crippen LogP contribution in [0.1, 0.15) is 46.0 Å². The normalized spacial score (nSPS) is 16.4. The Balaban J connectivity index is 1.61. The molecule has 0 radical (unpaired) electrons. The van der Waals surface area contributed by atoms with Gasteiger partial charge in [-0.05, 0) is 49.1 Å². The van der Waals surface area contributed by atoms with Gasteiger partial charge in [-0.15, -0.1) is 0 Å². The molecule has 29 heavy (non-hydrogen) atoms. The van der Waals surface area contributed by atoms with Gasteiger partial charge in [0.1, 0.15) is 0 Å². The Morgan fingerprint density at radius 3 is 2.69 bits per heavy atom. The van der Waals surface area contributed by atoms with Crippen molar-refractivity contribution in [3.63, 3.8) is 0 Å². The molecule has 0 saturated heterocycles. The van der Waals surface area contributed by atoms with Gasteiger partial charge in [0, 0.05) is 43.4 Å². The second-order valence-corrected chi connectivity index (χ2v) is 8.08. The van der Waals surface area contributed by atoms with Crippen molar-refractivity contribution >= 4 is 22.7 Å². The molecule has 2 heterocycles. The summed E-state index contributed by atoms with van der Waals surface area (Å²) >= 11 is 0. The van der Waals surface area contributed by atoms with Crippen LogP contribution in [0.15, 0.2) is 48.7 Å². The average molecular weight is 385 g/mol. The summed E-state index contributed by atoms with van der Waals surface area (Å²) in [5.41, 5.74) is 5.38. The monoisotopic (exact) mass is 385 g/mol. The topological polar surface area (TPSA) is 53.5 Å². The first kappa shape index (κ1) is 17.9. The minimum absolute atomic E-state index is 0.0259. The summed E-state index contributed by atoms with van der Waals surface area (Å²) in [5, 5.41) is 0.938. The fraction of sp³-hybridized carbons (Fsp3) is 0.292. The number of carbonyl (C=O) groups is 2. The van der Waals surface area contributed by atoms with Crippen LogP contribution >= 0.6 is 0 Å². The summed E-state index contributed by atoms with van der Waals surface area (Å²) in [4.78, 5) is 33.3. The predicted octanol–water partition coefficient (Wildman–Crippen LogP) is 4.07. The van der Waals surface area contributed by atoms with Crippen LogP contribution in [0.3, 0.4) is 0 Å². The summed E-state index contributed by atoms with van der Waals surface area (Å²) < 4.78 is 0. The third-order valence-electron chi connectivity index (χ3n) is 6.51. The molecule has 1 saturated carbocycles. The molecule has 2 aliphatic rings. The minimum Gasteiger partial charge on any atom is -0.342 e. The van der Waals surface area contributed by atoms with Crippen molar-refractivity contribution in [3.05, 3.63) is 65.4 Å². The van der Waals surface area contributed by atoms with Gasteiger partial charge in [-0.25, -0.2) is 0 Å². The van der Waals surface area contributed by atoms with Gasteiger partial charge in [-0.2, -0.15) is 0 Å². The third-order valence-corrected chi connectivity index (χ3v) is 6.51. The standard InChI is InChI=1S/C24H23N3O2/c1-4-26(2)22(28)17-12-16-6-5-7-18(21(16)25-14-17)15-8-9-19-20(13-15)24(10-11-24)27(3)23(19)29/h5-9,12-14H,4,10-11H2,1-3H3. The molecule has 146 valence electrons. The van der Waals surface area contributed by atoms with E-state index in [2.05, 4.69) is 17.1 Å². The molecule has 1 fully saturated rings. The second-order valence-electron chi connectivity index (χ2n) is 8.08. The van der Waals surface area contributed by atoms with Crippen molar-refractivity contribution in [2.24, 2.45) is 0 Å². The van der Waals surface area contributed by atoms with Crippen LogP contribution in [0.25, 0.3) is 22.0 Å². The largest absolute Gasteiger partial charge is 0.342 e. The number of para-hydroxylation sites is 1. The van der Waals surface area contributed by atoms with Crippen molar-refractivity contribution < 1.29 is 9.59 Å². The number of rotatable bonds is 3. The zero-order valence-corrected chi connectivity index (χ0v) is 16.9. The molecule has 0 bridgehead atoms. The highest BCUT2D eigenvalue weighted by Gasteiger charge is 2.56. The maximum atomic E-state index is 12.6. The van der Waals surface area contributed by atoms with Crippen LogP contribution in [0.5, 0.6) is 0 Å². The van der Waals surface area contributed by atoms with Crippen molar-refractivity contribution in [1.82, 2.24) is 14.8 Å². The molecular formula is C24H23N3O2. The molecule has 0 atom stereocenters. The van der Waals surface area contributed by atoms with E-state index >= 15 is 0 Å². The SMILES string of the molecule is CCN(C)C(=O)c1cnc2c(-c3ccc4c(c3)C3(CC3)N(C)C4=O)cccc2c1. The minimum atomic E-state index is -0.106. The number of aromatic nitrogens is 1. The zero-order valence-electron chi connectivity index (χ0n) is 16.9. The highest BCUT2D eigenvalue weighted by Crippen LogP contribution is 2.56. The fourth-order valence-corrected chi connectivity index (χ4v) is 4.44. The lowest BCUT2D eigenvalue weighted by Crippen LogP contribution is -2.28. The Hall–Kier alpha value is -3.21. The van der Waals surface area contributed by atoms with Crippen molar-refractivity contribution in [2.45, 2.75) is 25.3 Å². The molecule has 1 aliphatic carbocycles. The van der Waals surface area contributed by atoms with Crippen molar-refractivity contribution in [2.75, 3.05) is 20.6 Å². The van der Waals surface area contributed by atoms with Crippen LogP contribution in [-0.4, -0.2) is 47.2 Å². The van der Waals surface area contributed by atoms with Gasteiger partial charge in [-0.3, -0.25) is 14.6 Å². The molecule has 5 heteroatoms. The van der Waals surface area contributed by atoms with E-state index in [1.165, 1.54) is 0 Å². The van der Waals surface area contributed by atoms with E-state index in [4.69, 9.17) is 0 Å². The maximum Gasteiger partial charge on any atom is 0.255 e. The van der Waals surface area contributed by atoms with E-state index < -0.39 is 0 Å².